The van der Waals surface area contributed by atoms with Gasteiger partial charge in [0.15, 0.2) is 0 Å². The van der Waals surface area contributed by atoms with Crippen molar-refractivity contribution >= 4 is 11.7 Å². The van der Waals surface area contributed by atoms with Crippen LogP contribution in [0.1, 0.15) is 29.6 Å². The predicted octanol–water partition coefficient (Wildman–Crippen LogP) is 2.42. The van der Waals surface area contributed by atoms with Gasteiger partial charge < -0.3 is 15.3 Å². The number of nitrogens with one attached hydrogen (secondary N) is 1. The van der Waals surface area contributed by atoms with Gasteiger partial charge in [0, 0.05) is 12.6 Å². The van der Waals surface area contributed by atoms with Gasteiger partial charge in [-0.05, 0) is 38.6 Å². The van der Waals surface area contributed by atoms with Crippen LogP contribution >= 0.6 is 0 Å². The molecule has 0 aromatic heterocycles. The van der Waals surface area contributed by atoms with Crippen molar-refractivity contribution in [3.63, 3.8) is 0 Å². The van der Waals surface area contributed by atoms with Gasteiger partial charge in [-0.15, -0.1) is 0 Å². The maximum atomic E-state index is 13.5. The van der Waals surface area contributed by atoms with Gasteiger partial charge in [0.2, 0.25) is 0 Å². The smallest absolute Gasteiger partial charge is 0.340 e. The van der Waals surface area contributed by atoms with E-state index in [1.165, 1.54) is 25.0 Å². The van der Waals surface area contributed by atoms with Crippen molar-refractivity contribution in [3.05, 3.63) is 29.6 Å². The van der Waals surface area contributed by atoms with Crippen LogP contribution < -0.4 is 5.32 Å². The average molecular weight is 266 g/mol. The number of benzene rings is 1. The lowest BCUT2D eigenvalue weighted by Crippen LogP contribution is -2.40. The largest absolute Gasteiger partial charge is 0.478 e. The monoisotopic (exact) mass is 266 g/mol. The zero-order chi connectivity index (χ0) is 13.8. The van der Waals surface area contributed by atoms with Gasteiger partial charge >= 0.3 is 5.97 Å². The van der Waals surface area contributed by atoms with Gasteiger partial charge in [-0.2, -0.15) is 0 Å². The van der Waals surface area contributed by atoms with Crippen LogP contribution in [0.2, 0.25) is 0 Å². The molecule has 0 radical (unpaired) electrons. The fraction of sp³-hybridized carbons (Fsp3) is 0.500. The second kappa shape index (κ2) is 6.02. The molecular formula is C14H19FN2O2. The van der Waals surface area contributed by atoms with E-state index in [9.17, 15) is 9.18 Å². The highest BCUT2D eigenvalue weighted by Gasteiger charge is 2.20. The molecule has 1 aliphatic rings. The van der Waals surface area contributed by atoms with Gasteiger partial charge in [-0.1, -0.05) is 12.5 Å². The van der Waals surface area contributed by atoms with E-state index in [1.54, 1.807) is 6.07 Å². The van der Waals surface area contributed by atoms with E-state index in [0.29, 0.717) is 18.3 Å². The molecule has 2 N–H and O–H groups in total. The van der Waals surface area contributed by atoms with E-state index in [0.717, 1.165) is 13.0 Å². The number of aromatic carboxylic acids is 1. The first-order valence-corrected chi connectivity index (χ1v) is 6.55. The number of anilines is 1. The van der Waals surface area contributed by atoms with Gasteiger partial charge in [-0.25, -0.2) is 9.18 Å². The summed E-state index contributed by atoms with van der Waals surface area (Å²) in [5, 5.41) is 12.1. The summed E-state index contributed by atoms with van der Waals surface area (Å²) in [6.07, 6.45) is 3.47. The van der Waals surface area contributed by atoms with Gasteiger partial charge in [0.05, 0.1) is 5.69 Å². The van der Waals surface area contributed by atoms with E-state index >= 15 is 0 Å². The third-order valence-electron chi connectivity index (χ3n) is 3.68. The number of halogens is 1. The molecule has 1 heterocycles. The summed E-state index contributed by atoms with van der Waals surface area (Å²) in [6.45, 7) is 1.70. The van der Waals surface area contributed by atoms with Crippen LogP contribution in [0.4, 0.5) is 10.1 Å². The van der Waals surface area contributed by atoms with Crippen molar-refractivity contribution in [2.75, 3.05) is 25.5 Å². The molecule has 0 spiro atoms. The number of hydrogen-bond donors (Lipinski definition) is 2. The number of piperidine rings is 1. The number of carboxylic acids is 1. The van der Waals surface area contributed by atoms with Gasteiger partial charge in [0.25, 0.3) is 0 Å². The number of rotatable bonds is 4. The van der Waals surface area contributed by atoms with Crippen LogP contribution in [0.3, 0.4) is 0 Å². The summed E-state index contributed by atoms with van der Waals surface area (Å²) < 4.78 is 13.5. The molecule has 0 amide bonds. The summed E-state index contributed by atoms with van der Waals surface area (Å²) >= 11 is 0. The Morgan fingerprint density at radius 3 is 3.00 bits per heavy atom. The number of hydrogen-bond acceptors (Lipinski definition) is 3. The summed E-state index contributed by atoms with van der Waals surface area (Å²) in [5.74, 6) is -1.94. The molecule has 0 saturated carbocycles. The maximum Gasteiger partial charge on any atom is 0.340 e. The summed E-state index contributed by atoms with van der Waals surface area (Å²) in [6, 6.07) is 4.67. The van der Waals surface area contributed by atoms with Crippen molar-refractivity contribution in [2.24, 2.45) is 0 Å². The Morgan fingerprint density at radius 2 is 2.32 bits per heavy atom. The molecule has 1 atom stereocenters. The fourth-order valence-corrected chi connectivity index (χ4v) is 2.52. The zero-order valence-electron chi connectivity index (χ0n) is 11.0. The molecule has 4 nitrogen and oxygen atoms in total. The number of carbonyl (C=O) groups is 1. The molecule has 19 heavy (non-hydrogen) atoms. The molecular weight excluding hydrogens is 247 g/mol. The topological polar surface area (TPSA) is 52.6 Å². The minimum atomic E-state index is -1.24. The standard InChI is InChI=1S/C14H19FN2O2/c1-17-8-3-2-5-10(17)9-16-12-7-4-6-11(15)13(12)14(18)19/h4,6-7,10,16H,2-3,5,8-9H2,1H3,(H,18,19). The number of nitrogens with zero attached hydrogens (tertiary/aromatic N) is 1. The van der Waals surface area contributed by atoms with Crippen LogP contribution in [0.5, 0.6) is 0 Å². The van der Waals surface area contributed by atoms with Crippen molar-refractivity contribution in [2.45, 2.75) is 25.3 Å². The highest BCUT2D eigenvalue weighted by atomic mass is 19.1. The molecule has 1 aromatic carbocycles. The molecule has 5 heteroatoms. The molecule has 1 unspecified atom stereocenters. The van der Waals surface area contributed by atoms with E-state index in [2.05, 4.69) is 17.3 Å². The highest BCUT2D eigenvalue weighted by molar-refractivity contribution is 5.94. The van der Waals surface area contributed by atoms with Crippen LogP contribution in [0.15, 0.2) is 18.2 Å². The Labute approximate surface area is 112 Å². The maximum absolute atomic E-state index is 13.5. The molecule has 1 fully saturated rings. The van der Waals surface area contributed by atoms with E-state index in [-0.39, 0.29) is 5.56 Å². The quantitative estimate of drug-likeness (QED) is 0.878. The lowest BCUT2D eigenvalue weighted by molar-refractivity contribution is 0.0693. The van der Waals surface area contributed by atoms with Crippen LogP contribution in [-0.4, -0.2) is 42.2 Å². The Hall–Kier alpha value is -1.62. The minimum Gasteiger partial charge on any atom is -0.478 e. The molecule has 0 bridgehead atoms. The lowest BCUT2D eigenvalue weighted by Gasteiger charge is -2.32. The first-order valence-electron chi connectivity index (χ1n) is 6.55. The Morgan fingerprint density at radius 1 is 1.53 bits per heavy atom. The second-order valence-corrected chi connectivity index (χ2v) is 4.98. The molecule has 1 aromatic rings. The van der Waals surface area contributed by atoms with E-state index in [4.69, 9.17) is 5.11 Å². The van der Waals surface area contributed by atoms with Gasteiger partial charge in [0.1, 0.15) is 11.4 Å². The Bertz CT molecular complexity index is 465. The fourth-order valence-electron chi connectivity index (χ4n) is 2.52. The van der Waals surface area contributed by atoms with Crippen molar-refractivity contribution in [3.8, 4) is 0 Å². The normalized spacial score (nSPS) is 20.2. The molecule has 0 aliphatic carbocycles. The van der Waals surface area contributed by atoms with Gasteiger partial charge in [-0.3, -0.25) is 0 Å². The first kappa shape index (κ1) is 13.8. The van der Waals surface area contributed by atoms with Crippen LogP contribution in [0, 0.1) is 5.82 Å². The van der Waals surface area contributed by atoms with E-state index < -0.39 is 11.8 Å². The number of likely N-dealkylation sites (tertiary alicyclic amines) is 1. The molecule has 1 aliphatic heterocycles. The minimum absolute atomic E-state index is 0.277. The van der Waals surface area contributed by atoms with Crippen LogP contribution in [-0.2, 0) is 0 Å². The zero-order valence-corrected chi connectivity index (χ0v) is 11.0. The third kappa shape index (κ3) is 3.23. The SMILES string of the molecule is CN1CCCCC1CNc1cccc(F)c1C(=O)O. The molecule has 1 saturated heterocycles. The highest BCUT2D eigenvalue weighted by Crippen LogP contribution is 2.21. The number of carboxylic acid groups (broad SMARTS) is 1. The van der Waals surface area contributed by atoms with Crippen molar-refractivity contribution < 1.29 is 14.3 Å². The van der Waals surface area contributed by atoms with E-state index in [1.807, 2.05) is 0 Å². The first-order chi connectivity index (χ1) is 9.09. The predicted molar refractivity (Wildman–Crippen MR) is 72.1 cm³/mol. The summed E-state index contributed by atoms with van der Waals surface area (Å²) in [7, 11) is 2.06. The Balaban J connectivity index is 2.07. The second-order valence-electron chi connectivity index (χ2n) is 4.98. The Kier molecular flexibility index (Phi) is 4.37. The van der Waals surface area contributed by atoms with Crippen molar-refractivity contribution in [1.29, 1.82) is 0 Å². The average Bonchev–Trinajstić information content (AvgIpc) is 2.37. The summed E-state index contributed by atoms with van der Waals surface area (Å²) in [4.78, 5) is 13.3. The lowest BCUT2D eigenvalue weighted by atomic mass is 10.0. The molecule has 104 valence electrons. The van der Waals surface area contributed by atoms with Crippen LogP contribution in [0.25, 0.3) is 0 Å². The third-order valence-corrected chi connectivity index (χ3v) is 3.68. The van der Waals surface area contributed by atoms with Crippen molar-refractivity contribution in [1.82, 2.24) is 4.90 Å². The molecule has 2 rings (SSSR count). The summed E-state index contributed by atoms with van der Waals surface area (Å²) in [5.41, 5.74) is 0.0763. The number of likely N-dealkylation sites (N-methyl/N-ethyl adjacent to an activating group) is 1.